The first-order valence-electron chi connectivity index (χ1n) is 7.65. The molecule has 1 atom stereocenters. The molecule has 1 radical (unpaired) electrons. The van der Waals surface area contributed by atoms with Crippen LogP contribution in [-0.4, -0.2) is 11.2 Å². The van der Waals surface area contributed by atoms with Crippen molar-refractivity contribution in [2.24, 2.45) is 4.99 Å². The van der Waals surface area contributed by atoms with Crippen LogP contribution in [0.3, 0.4) is 0 Å². The van der Waals surface area contributed by atoms with Gasteiger partial charge in [-0.15, -0.1) is 11.6 Å². The number of aryl methyl sites for hydroxylation is 1. The monoisotopic (exact) mass is 482 g/mol. The van der Waals surface area contributed by atoms with Crippen LogP contribution in [0.5, 0.6) is 0 Å². The van der Waals surface area contributed by atoms with Crippen LogP contribution < -0.4 is 0 Å². The van der Waals surface area contributed by atoms with Crippen LogP contribution >= 0.6 is 0 Å². The van der Waals surface area contributed by atoms with E-state index in [4.69, 9.17) is 0 Å². The molecule has 121 valence electrons. The molecule has 1 aromatic heterocycles. The van der Waals surface area contributed by atoms with Crippen molar-refractivity contribution in [1.29, 1.82) is 0 Å². The Kier molecular flexibility index (Phi) is 5.33. The minimum absolute atomic E-state index is 0. The summed E-state index contributed by atoms with van der Waals surface area (Å²) in [7, 11) is 0. The first-order valence-corrected chi connectivity index (χ1v) is 7.65. The van der Waals surface area contributed by atoms with Crippen molar-refractivity contribution in [3.8, 4) is 0 Å². The fourth-order valence-electron chi connectivity index (χ4n) is 2.58. The van der Waals surface area contributed by atoms with Gasteiger partial charge < -0.3 is 4.98 Å². The third kappa shape index (κ3) is 3.85. The average Bonchev–Trinajstić information content (AvgIpc) is 2.96. The second kappa shape index (κ2) is 6.90. The molecule has 1 aliphatic rings. The summed E-state index contributed by atoms with van der Waals surface area (Å²) >= 11 is 0. The molecule has 2 aromatic rings. The number of pyridine rings is 1. The molecule has 0 bridgehead atoms. The summed E-state index contributed by atoms with van der Waals surface area (Å²) in [6, 6.07) is 12.5. The quantitative estimate of drug-likeness (QED) is 0.571. The molecule has 0 aliphatic carbocycles. The van der Waals surface area contributed by atoms with Gasteiger partial charge in [-0.3, -0.25) is 4.99 Å². The van der Waals surface area contributed by atoms with E-state index in [1.54, 1.807) is 0 Å². The second-order valence-electron chi connectivity index (χ2n) is 6.81. The minimum Gasteiger partial charge on any atom is -0.390 e. The molecule has 3 heteroatoms. The smallest absolute Gasteiger partial charge is 0.0733 e. The Balaban J connectivity index is 0.00000192. The molecule has 0 N–H and O–H groups in total. The molecule has 3 rings (SSSR count). The number of hydrogen-bond acceptors (Lipinski definition) is 2. The van der Waals surface area contributed by atoms with Gasteiger partial charge in [0.15, 0.2) is 0 Å². The van der Waals surface area contributed by atoms with E-state index >= 15 is 0 Å². The van der Waals surface area contributed by atoms with E-state index in [-0.39, 0.29) is 31.6 Å². The molecule has 0 saturated carbocycles. The molecular weight excluding hydrogens is 460 g/mol. The van der Waals surface area contributed by atoms with Gasteiger partial charge in [-0.1, -0.05) is 69.9 Å². The Bertz CT molecular complexity index is 740. The standard InChI is InChI=1S/C20H21N2.Ir/c1-14-10-19(20(2,3)4)22-13-17(14)18-11-16(12-21-18)15-8-6-5-7-9-15;/h5-12,18H,1-4H3;/q-1;. The topological polar surface area (TPSA) is 25.2 Å². The maximum Gasteiger partial charge on any atom is 0.0733 e. The predicted octanol–water partition coefficient (Wildman–Crippen LogP) is 4.69. The average molecular weight is 482 g/mol. The third-order valence-electron chi connectivity index (χ3n) is 3.96. The summed E-state index contributed by atoms with van der Waals surface area (Å²) in [5, 5.41) is 0. The molecule has 1 unspecified atom stereocenters. The molecule has 1 aromatic carbocycles. The van der Waals surface area contributed by atoms with Gasteiger partial charge in [-0.2, -0.15) is 5.56 Å². The van der Waals surface area contributed by atoms with Crippen LogP contribution in [0.1, 0.15) is 49.2 Å². The van der Waals surface area contributed by atoms with E-state index in [0.717, 1.165) is 11.3 Å². The number of nitrogens with zero attached hydrogens (tertiary/aromatic N) is 2. The molecule has 0 fully saturated rings. The van der Waals surface area contributed by atoms with Gasteiger partial charge in [0.2, 0.25) is 0 Å². The number of rotatable bonds is 2. The zero-order valence-corrected chi connectivity index (χ0v) is 16.3. The minimum atomic E-state index is 0. The molecule has 23 heavy (non-hydrogen) atoms. The van der Waals surface area contributed by atoms with Crippen molar-refractivity contribution in [3.63, 3.8) is 0 Å². The van der Waals surface area contributed by atoms with Gasteiger partial charge in [-0.05, 0) is 22.6 Å². The SMILES string of the molecule is Cc1cc(C(C)(C)C)n[c-]c1C1C=C(c2ccccc2)C=N1.[Ir]. The van der Waals surface area contributed by atoms with Crippen LogP contribution in [0.2, 0.25) is 0 Å². The van der Waals surface area contributed by atoms with Crippen molar-refractivity contribution in [3.05, 3.63) is 71.1 Å². The summed E-state index contributed by atoms with van der Waals surface area (Å²) in [6.07, 6.45) is 7.35. The van der Waals surface area contributed by atoms with E-state index in [2.05, 4.69) is 68.1 Å². The van der Waals surface area contributed by atoms with Crippen LogP contribution in [-0.2, 0) is 25.5 Å². The molecule has 0 saturated heterocycles. The molecule has 1 aliphatic heterocycles. The van der Waals surface area contributed by atoms with Crippen LogP contribution in [0.4, 0.5) is 0 Å². The van der Waals surface area contributed by atoms with Gasteiger partial charge >= 0.3 is 0 Å². The molecular formula is C20H21IrN2-. The van der Waals surface area contributed by atoms with Gasteiger partial charge in [0.05, 0.1) is 6.04 Å². The molecule has 0 amide bonds. The maximum atomic E-state index is 4.63. The van der Waals surface area contributed by atoms with Crippen molar-refractivity contribution in [1.82, 2.24) is 4.98 Å². The van der Waals surface area contributed by atoms with E-state index in [1.807, 2.05) is 24.4 Å². The van der Waals surface area contributed by atoms with E-state index < -0.39 is 0 Å². The van der Waals surface area contributed by atoms with Crippen molar-refractivity contribution in [2.75, 3.05) is 0 Å². The molecule has 2 nitrogen and oxygen atoms in total. The second-order valence-corrected chi connectivity index (χ2v) is 6.81. The predicted molar refractivity (Wildman–Crippen MR) is 92.2 cm³/mol. The zero-order valence-electron chi connectivity index (χ0n) is 13.9. The Hall–Kier alpha value is -1.57. The fourth-order valence-corrected chi connectivity index (χ4v) is 2.58. The summed E-state index contributed by atoms with van der Waals surface area (Å²) in [4.78, 5) is 9.15. The van der Waals surface area contributed by atoms with Gasteiger partial charge in [0, 0.05) is 26.3 Å². The number of aliphatic imine (C=N–C) groups is 1. The number of benzene rings is 1. The zero-order chi connectivity index (χ0) is 15.7. The van der Waals surface area contributed by atoms with Crippen LogP contribution in [0, 0.1) is 13.1 Å². The summed E-state index contributed by atoms with van der Waals surface area (Å²) in [6.45, 7) is 8.63. The van der Waals surface area contributed by atoms with E-state index in [9.17, 15) is 0 Å². The summed E-state index contributed by atoms with van der Waals surface area (Å²) in [5.74, 6) is 0. The van der Waals surface area contributed by atoms with Gasteiger partial charge in [0.1, 0.15) is 0 Å². The Morgan fingerprint density at radius 3 is 2.39 bits per heavy atom. The van der Waals surface area contributed by atoms with Crippen molar-refractivity contribution >= 4 is 11.8 Å². The Morgan fingerprint density at radius 1 is 1.09 bits per heavy atom. The van der Waals surface area contributed by atoms with Crippen LogP contribution in [0.25, 0.3) is 5.57 Å². The molecule has 0 spiro atoms. The summed E-state index contributed by atoms with van der Waals surface area (Å²) in [5.41, 5.74) is 5.75. The van der Waals surface area contributed by atoms with Gasteiger partial charge in [0.25, 0.3) is 0 Å². The first kappa shape index (κ1) is 17.8. The number of hydrogen-bond donors (Lipinski definition) is 0. The van der Waals surface area contributed by atoms with Crippen molar-refractivity contribution < 1.29 is 20.1 Å². The van der Waals surface area contributed by atoms with Gasteiger partial charge in [-0.25, -0.2) is 0 Å². The van der Waals surface area contributed by atoms with E-state index in [0.29, 0.717) is 0 Å². The maximum absolute atomic E-state index is 4.63. The van der Waals surface area contributed by atoms with Crippen LogP contribution in [0.15, 0.2) is 47.5 Å². The summed E-state index contributed by atoms with van der Waals surface area (Å²) < 4.78 is 0. The fraction of sp³-hybridized carbons (Fsp3) is 0.300. The number of aromatic nitrogens is 1. The number of allylic oxidation sites excluding steroid dienone is 1. The Labute approximate surface area is 152 Å². The molecule has 2 heterocycles. The first-order chi connectivity index (χ1) is 10.4. The van der Waals surface area contributed by atoms with Crippen molar-refractivity contribution in [2.45, 2.75) is 39.2 Å². The normalized spacial score (nSPS) is 16.9. The third-order valence-corrected chi connectivity index (χ3v) is 3.96. The Morgan fingerprint density at radius 2 is 1.78 bits per heavy atom. The van der Waals surface area contributed by atoms with E-state index in [1.165, 1.54) is 16.7 Å². The largest absolute Gasteiger partial charge is 0.390 e.